The molecule has 0 radical (unpaired) electrons. The Morgan fingerprint density at radius 1 is 1.39 bits per heavy atom. The second kappa shape index (κ2) is 5.84. The second-order valence-electron chi connectivity index (χ2n) is 4.34. The summed E-state index contributed by atoms with van der Waals surface area (Å²) in [5.74, 6) is 0. The molecule has 2 N–H and O–H groups in total. The number of carbonyl (C=O) groups is 1. The monoisotopic (exact) mass is 251 g/mol. The lowest BCUT2D eigenvalue weighted by molar-refractivity contribution is 0.0490. The number of rotatable bonds is 3. The van der Waals surface area contributed by atoms with Gasteiger partial charge in [-0.15, -0.1) is 0 Å². The Kier molecular flexibility index (Phi) is 4.17. The quantitative estimate of drug-likeness (QED) is 0.831. The molecule has 5 heteroatoms. The van der Waals surface area contributed by atoms with Crippen molar-refractivity contribution in [3.05, 3.63) is 35.9 Å². The Morgan fingerprint density at radius 3 is 2.78 bits per heavy atom. The number of carbonyl (C=O) groups excluding carboxylic acids is 1. The van der Waals surface area contributed by atoms with E-state index in [2.05, 4.69) is 0 Å². The summed E-state index contributed by atoms with van der Waals surface area (Å²) in [6, 6.07) is 8.83. The summed E-state index contributed by atoms with van der Waals surface area (Å²) in [5, 5.41) is 18.7. The van der Waals surface area contributed by atoms with Crippen molar-refractivity contribution in [2.45, 2.75) is 25.2 Å². The zero-order chi connectivity index (χ0) is 13.0. The fraction of sp³-hybridized carbons (Fsp3) is 0.462. The van der Waals surface area contributed by atoms with E-state index in [1.54, 1.807) is 0 Å². The lowest BCUT2D eigenvalue weighted by atomic mass is 10.2. The smallest absolute Gasteiger partial charge is 0.410 e. The van der Waals surface area contributed by atoms with Gasteiger partial charge in [-0.05, 0) is 12.0 Å². The van der Waals surface area contributed by atoms with Crippen LogP contribution < -0.4 is 0 Å². The predicted octanol–water partition coefficient (Wildman–Crippen LogP) is 0.751. The summed E-state index contributed by atoms with van der Waals surface area (Å²) in [4.78, 5) is 13.2. The molecule has 1 saturated heterocycles. The number of likely N-dealkylation sites (tertiary alicyclic amines) is 1. The van der Waals surface area contributed by atoms with E-state index in [4.69, 9.17) is 9.84 Å². The highest BCUT2D eigenvalue weighted by molar-refractivity contribution is 5.68. The van der Waals surface area contributed by atoms with Gasteiger partial charge in [0.2, 0.25) is 0 Å². The average Bonchev–Trinajstić information content (AvgIpc) is 2.78. The predicted molar refractivity (Wildman–Crippen MR) is 64.8 cm³/mol. The van der Waals surface area contributed by atoms with E-state index < -0.39 is 18.2 Å². The number of nitrogens with zero attached hydrogens (tertiary/aromatic N) is 1. The molecule has 1 aromatic rings. The van der Waals surface area contributed by atoms with Crippen LogP contribution in [-0.2, 0) is 11.3 Å². The number of amides is 1. The highest BCUT2D eigenvalue weighted by atomic mass is 16.6. The summed E-state index contributed by atoms with van der Waals surface area (Å²) >= 11 is 0. The molecule has 1 heterocycles. The molecule has 1 aliphatic heterocycles. The van der Waals surface area contributed by atoms with Crippen LogP contribution in [0.2, 0.25) is 0 Å². The first-order valence-electron chi connectivity index (χ1n) is 5.98. The lowest BCUT2D eigenvalue weighted by Crippen LogP contribution is -2.42. The maximum Gasteiger partial charge on any atom is 0.410 e. The third-order valence-electron chi connectivity index (χ3n) is 3.14. The van der Waals surface area contributed by atoms with Gasteiger partial charge in [-0.3, -0.25) is 0 Å². The van der Waals surface area contributed by atoms with Gasteiger partial charge >= 0.3 is 6.09 Å². The summed E-state index contributed by atoms with van der Waals surface area (Å²) in [6.45, 7) is 0.367. The molecular formula is C13H17NO4. The van der Waals surface area contributed by atoms with E-state index in [0.29, 0.717) is 13.0 Å². The molecule has 5 nitrogen and oxygen atoms in total. The molecule has 1 fully saturated rings. The number of aliphatic hydroxyl groups excluding tert-OH is 2. The molecular weight excluding hydrogens is 234 g/mol. The van der Waals surface area contributed by atoms with Gasteiger partial charge in [0.25, 0.3) is 0 Å². The van der Waals surface area contributed by atoms with Gasteiger partial charge in [0.1, 0.15) is 6.61 Å². The Hall–Kier alpha value is -1.59. The van der Waals surface area contributed by atoms with Gasteiger partial charge < -0.3 is 19.8 Å². The van der Waals surface area contributed by atoms with Gasteiger partial charge in [-0.25, -0.2) is 4.79 Å². The standard InChI is InChI=1S/C13H17NO4/c15-8-11-12(16)6-7-14(11)13(17)18-9-10-4-2-1-3-5-10/h1-5,11-12,15-16H,6-9H2. The maximum absolute atomic E-state index is 11.8. The van der Waals surface area contributed by atoms with Crippen LogP contribution in [0.5, 0.6) is 0 Å². The molecule has 1 aliphatic rings. The van der Waals surface area contributed by atoms with Crippen molar-refractivity contribution in [2.75, 3.05) is 13.2 Å². The van der Waals surface area contributed by atoms with Crippen LogP contribution in [-0.4, -0.2) is 46.5 Å². The zero-order valence-electron chi connectivity index (χ0n) is 10.0. The Bertz CT molecular complexity index is 395. The molecule has 0 aliphatic carbocycles. The normalized spacial score (nSPS) is 23.1. The molecule has 2 rings (SSSR count). The summed E-state index contributed by atoms with van der Waals surface area (Å²) in [7, 11) is 0. The van der Waals surface area contributed by atoms with Crippen molar-refractivity contribution < 1.29 is 19.7 Å². The van der Waals surface area contributed by atoms with Crippen LogP contribution in [0.15, 0.2) is 30.3 Å². The molecule has 2 unspecified atom stereocenters. The molecule has 18 heavy (non-hydrogen) atoms. The van der Waals surface area contributed by atoms with Gasteiger partial charge in [-0.2, -0.15) is 0 Å². The van der Waals surface area contributed by atoms with Gasteiger partial charge in [0, 0.05) is 6.54 Å². The first-order chi connectivity index (χ1) is 8.72. The van der Waals surface area contributed by atoms with Crippen LogP contribution in [0.25, 0.3) is 0 Å². The Balaban J connectivity index is 1.88. The van der Waals surface area contributed by atoms with Gasteiger partial charge in [-0.1, -0.05) is 30.3 Å². The molecule has 98 valence electrons. The van der Waals surface area contributed by atoms with Gasteiger partial charge in [0.15, 0.2) is 0 Å². The fourth-order valence-corrected chi connectivity index (χ4v) is 2.09. The number of ether oxygens (including phenoxy) is 1. The van der Waals surface area contributed by atoms with E-state index >= 15 is 0 Å². The Labute approximate surface area is 106 Å². The second-order valence-corrected chi connectivity index (χ2v) is 4.34. The van der Waals surface area contributed by atoms with Crippen molar-refractivity contribution in [3.8, 4) is 0 Å². The molecule has 0 bridgehead atoms. The Morgan fingerprint density at radius 2 is 2.11 bits per heavy atom. The van der Waals surface area contributed by atoms with E-state index in [0.717, 1.165) is 5.56 Å². The van der Waals surface area contributed by atoms with Crippen LogP contribution in [0, 0.1) is 0 Å². The average molecular weight is 251 g/mol. The lowest BCUT2D eigenvalue weighted by Gasteiger charge is -2.23. The van der Waals surface area contributed by atoms with Crippen molar-refractivity contribution in [3.63, 3.8) is 0 Å². The molecule has 0 saturated carbocycles. The topological polar surface area (TPSA) is 70.0 Å². The zero-order valence-corrected chi connectivity index (χ0v) is 10.0. The first-order valence-corrected chi connectivity index (χ1v) is 5.98. The molecule has 0 spiro atoms. The minimum absolute atomic E-state index is 0.199. The molecule has 2 atom stereocenters. The van der Waals surface area contributed by atoms with Crippen molar-refractivity contribution >= 4 is 6.09 Å². The minimum Gasteiger partial charge on any atom is -0.445 e. The molecule has 1 amide bonds. The SMILES string of the molecule is O=C(OCc1ccccc1)N1CCC(O)C1CO. The maximum atomic E-state index is 11.8. The number of hydrogen-bond donors (Lipinski definition) is 2. The molecule has 0 aromatic heterocycles. The highest BCUT2D eigenvalue weighted by Crippen LogP contribution is 2.19. The number of hydrogen-bond acceptors (Lipinski definition) is 4. The van der Waals surface area contributed by atoms with Crippen LogP contribution in [0.3, 0.4) is 0 Å². The number of benzene rings is 1. The van der Waals surface area contributed by atoms with Crippen molar-refractivity contribution in [1.29, 1.82) is 0 Å². The van der Waals surface area contributed by atoms with E-state index in [9.17, 15) is 9.90 Å². The van der Waals surface area contributed by atoms with Gasteiger partial charge in [0.05, 0.1) is 18.8 Å². The highest BCUT2D eigenvalue weighted by Gasteiger charge is 2.36. The third kappa shape index (κ3) is 2.80. The first kappa shape index (κ1) is 12.9. The summed E-state index contributed by atoms with van der Waals surface area (Å²) in [6.07, 6.45) is -0.681. The van der Waals surface area contributed by atoms with Crippen molar-refractivity contribution in [2.24, 2.45) is 0 Å². The van der Waals surface area contributed by atoms with E-state index in [1.165, 1.54) is 4.90 Å². The third-order valence-corrected chi connectivity index (χ3v) is 3.14. The van der Waals surface area contributed by atoms with Crippen molar-refractivity contribution in [1.82, 2.24) is 4.90 Å². The summed E-state index contributed by atoms with van der Waals surface area (Å²) in [5.41, 5.74) is 0.908. The van der Waals surface area contributed by atoms with E-state index in [1.807, 2.05) is 30.3 Å². The van der Waals surface area contributed by atoms with E-state index in [-0.39, 0.29) is 13.2 Å². The van der Waals surface area contributed by atoms with Crippen LogP contribution >= 0.6 is 0 Å². The minimum atomic E-state index is -0.667. The van der Waals surface area contributed by atoms with Crippen LogP contribution in [0.1, 0.15) is 12.0 Å². The largest absolute Gasteiger partial charge is 0.445 e. The fourth-order valence-electron chi connectivity index (χ4n) is 2.09. The summed E-state index contributed by atoms with van der Waals surface area (Å²) < 4.78 is 5.16. The van der Waals surface area contributed by atoms with Crippen LogP contribution in [0.4, 0.5) is 4.79 Å². The molecule has 1 aromatic carbocycles. The number of aliphatic hydroxyl groups is 2.